The fourth-order valence-electron chi connectivity index (χ4n) is 1.50. The fourth-order valence-corrected chi connectivity index (χ4v) is 1.50. The van der Waals surface area contributed by atoms with Gasteiger partial charge in [-0.2, -0.15) is 0 Å². The quantitative estimate of drug-likeness (QED) is 0.618. The second-order valence-electron chi connectivity index (χ2n) is 3.04. The first-order chi connectivity index (χ1) is 6.20. The number of imidazole rings is 1. The number of Topliss-reactive ketones (excluding diaryl/α,β-unsaturated/α-hetero) is 1. The number of rotatable bonds is 1. The summed E-state index contributed by atoms with van der Waals surface area (Å²) in [5.74, 6) is 0.0908. The highest BCUT2D eigenvalue weighted by Crippen LogP contribution is 2.11. The summed E-state index contributed by atoms with van der Waals surface area (Å²) in [4.78, 5) is 15.3. The minimum Gasteiger partial charge on any atom is -0.304 e. The predicted molar refractivity (Wildman–Crippen MR) is 49.9 cm³/mol. The zero-order chi connectivity index (χ0) is 9.42. The van der Waals surface area contributed by atoms with Crippen LogP contribution in [0.3, 0.4) is 0 Å². The van der Waals surface area contributed by atoms with E-state index in [1.807, 2.05) is 29.7 Å². The van der Waals surface area contributed by atoms with Crippen LogP contribution in [0.1, 0.15) is 23.0 Å². The van der Waals surface area contributed by atoms with Gasteiger partial charge in [-0.15, -0.1) is 0 Å². The molecule has 0 aromatic carbocycles. The Labute approximate surface area is 76.0 Å². The van der Waals surface area contributed by atoms with Gasteiger partial charge in [-0.05, 0) is 26.0 Å². The summed E-state index contributed by atoms with van der Waals surface area (Å²) in [5.41, 5.74) is 2.58. The van der Waals surface area contributed by atoms with Crippen molar-refractivity contribution in [3.05, 3.63) is 35.8 Å². The van der Waals surface area contributed by atoms with Gasteiger partial charge in [0, 0.05) is 23.7 Å². The molecule has 0 saturated carbocycles. The molecule has 2 aromatic heterocycles. The monoisotopic (exact) mass is 174 g/mol. The molecule has 2 heterocycles. The first kappa shape index (κ1) is 7.98. The highest BCUT2D eigenvalue weighted by atomic mass is 16.1. The largest absolute Gasteiger partial charge is 0.304 e. The molecule has 2 aromatic rings. The summed E-state index contributed by atoms with van der Waals surface area (Å²) >= 11 is 0. The first-order valence-electron chi connectivity index (χ1n) is 4.14. The summed E-state index contributed by atoms with van der Waals surface area (Å²) in [6.07, 6.45) is 3.59. The highest BCUT2D eigenvalue weighted by Gasteiger charge is 2.06. The number of aromatic nitrogens is 2. The minimum atomic E-state index is 0.0908. The van der Waals surface area contributed by atoms with Crippen molar-refractivity contribution >= 4 is 11.4 Å². The Balaban J connectivity index is 2.80. The van der Waals surface area contributed by atoms with Crippen molar-refractivity contribution in [1.82, 2.24) is 9.38 Å². The zero-order valence-corrected chi connectivity index (χ0v) is 7.61. The molecule has 66 valence electrons. The summed E-state index contributed by atoms with van der Waals surface area (Å²) in [7, 11) is 0. The van der Waals surface area contributed by atoms with Crippen molar-refractivity contribution in [1.29, 1.82) is 0 Å². The van der Waals surface area contributed by atoms with Crippen LogP contribution < -0.4 is 0 Å². The van der Waals surface area contributed by atoms with Crippen LogP contribution in [0.4, 0.5) is 0 Å². The van der Waals surface area contributed by atoms with Gasteiger partial charge < -0.3 is 4.40 Å². The van der Waals surface area contributed by atoms with E-state index in [2.05, 4.69) is 4.98 Å². The Hall–Kier alpha value is -1.64. The maximum atomic E-state index is 11.2. The highest BCUT2D eigenvalue weighted by molar-refractivity contribution is 5.95. The molecule has 3 nitrogen and oxygen atoms in total. The second kappa shape index (κ2) is 2.69. The fraction of sp³-hybridized carbons (Fsp3) is 0.200. The van der Waals surface area contributed by atoms with Gasteiger partial charge in [-0.1, -0.05) is 0 Å². The van der Waals surface area contributed by atoms with Gasteiger partial charge in [0.1, 0.15) is 5.65 Å². The van der Waals surface area contributed by atoms with Gasteiger partial charge >= 0.3 is 0 Å². The van der Waals surface area contributed by atoms with Gasteiger partial charge in [-0.3, -0.25) is 4.79 Å². The number of hydrogen-bond acceptors (Lipinski definition) is 2. The van der Waals surface area contributed by atoms with E-state index in [1.54, 1.807) is 13.1 Å². The standard InChI is InChI=1S/C10H10N2O/c1-7-9(8(2)13)3-4-10-11-5-6-12(7)10/h3-6H,1-2H3. The molecule has 13 heavy (non-hydrogen) atoms. The van der Waals surface area contributed by atoms with Crippen LogP contribution in [-0.2, 0) is 0 Å². The molecule has 0 radical (unpaired) electrons. The van der Waals surface area contributed by atoms with Crippen LogP contribution in [0.2, 0.25) is 0 Å². The molecular weight excluding hydrogens is 164 g/mol. The zero-order valence-electron chi connectivity index (χ0n) is 7.61. The van der Waals surface area contributed by atoms with E-state index in [9.17, 15) is 4.79 Å². The van der Waals surface area contributed by atoms with E-state index < -0.39 is 0 Å². The minimum absolute atomic E-state index is 0.0908. The lowest BCUT2D eigenvalue weighted by Crippen LogP contribution is -2.01. The molecule has 0 N–H and O–H groups in total. The number of carbonyl (C=O) groups is 1. The van der Waals surface area contributed by atoms with Gasteiger partial charge in [-0.25, -0.2) is 4.98 Å². The number of ketones is 1. The molecule has 0 atom stereocenters. The average molecular weight is 174 g/mol. The number of carbonyl (C=O) groups excluding carboxylic acids is 1. The number of aryl methyl sites for hydroxylation is 1. The van der Waals surface area contributed by atoms with E-state index in [1.165, 1.54) is 0 Å². The molecule has 0 bridgehead atoms. The van der Waals surface area contributed by atoms with Crippen LogP contribution in [0.25, 0.3) is 5.65 Å². The third-order valence-electron chi connectivity index (χ3n) is 2.20. The number of nitrogens with zero attached hydrogens (tertiary/aromatic N) is 2. The number of hydrogen-bond donors (Lipinski definition) is 0. The topological polar surface area (TPSA) is 34.4 Å². The van der Waals surface area contributed by atoms with Crippen molar-refractivity contribution < 1.29 is 4.79 Å². The molecule has 0 fully saturated rings. The Bertz CT molecular complexity index is 471. The molecule has 0 amide bonds. The third-order valence-corrected chi connectivity index (χ3v) is 2.20. The SMILES string of the molecule is CC(=O)c1ccc2nccn2c1C. The Morgan fingerprint density at radius 1 is 1.46 bits per heavy atom. The molecular formula is C10H10N2O. The van der Waals surface area contributed by atoms with Gasteiger partial charge in [0.15, 0.2) is 5.78 Å². The van der Waals surface area contributed by atoms with E-state index in [4.69, 9.17) is 0 Å². The Morgan fingerprint density at radius 3 is 2.92 bits per heavy atom. The van der Waals surface area contributed by atoms with Crippen LogP contribution >= 0.6 is 0 Å². The van der Waals surface area contributed by atoms with Gasteiger partial charge in [0.05, 0.1) is 0 Å². The van der Waals surface area contributed by atoms with Crippen LogP contribution in [0, 0.1) is 6.92 Å². The van der Waals surface area contributed by atoms with E-state index in [0.717, 1.165) is 16.9 Å². The lowest BCUT2D eigenvalue weighted by atomic mass is 10.1. The van der Waals surface area contributed by atoms with Crippen molar-refractivity contribution in [2.75, 3.05) is 0 Å². The summed E-state index contributed by atoms with van der Waals surface area (Å²) in [6, 6.07) is 3.67. The molecule has 0 spiro atoms. The molecule has 0 aliphatic carbocycles. The van der Waals surface area contributed by atoms with Gasteiger partial charge in [0.2, 0.25) is 0 Å². The average Bonchev–Trinajstić information content (AvgIpc) is 2.52. The smallest absolute Gasteiger partial charge is 0.161 e. The lowest BCUT2D eigenvalue weighted by Gasteiger charge is -2.04. The summed E-state index contributed by atoms with van der Waals surface area (Å²) < 4.78 is 1.91. The Morgan fingerprint density at radius 2 is 2.23 bits per heavy atom. The van der Waals surface area contributed by atoms with E-state index >= 15 is 0 Å². The van der Waals surface area contributed by atoms with Crippen LogP contribution in [0.5, 0.6) is 0 Å². The maximum Gasteiger partial charge on any atom is 0.161 e. The summed E-state index contributed by atoms with van der Waals surface area (Å²) in [6.45, 7) is 3.50. The first-order valence-corrected chi connectivity index (χ1v) is 4.14. The van der Waals surface area contributed by atoms with Crippen molar-refractivity contribution in [2.24, 2.45) is 0 Å². The number of pyridine rings is 1. The molecule has 0 saturated heterocycles. The third kappa shape index (κ3) is 1.13. The molecule has 2 rings (SSSR count). The number of fused-ring (bicyclic) bond motifs is 1. The maximum absolute atomic E-state index is 11.2. The van der Waals surface area contributed by atoms with E-state index in [0.29, 0.717) is 0 Å². The normalized spacial score (nSPS) is 10.6. The van der Waals surface area contributed by atoms with Crippen molar-refractivity contribution in [3.63, 3.8) is 0 Å². The second-order valence-corrected chi connectivity index (χ2v) is 3.04. The van der Waals surface area contributed by atoms with E-state index in [-0.39, 0.29) is 5.78 Å². The predicted octanol–water partition coefficient (Wildman–Crippen LogP) is 1.85. The van der Waals surface area contributed by atoms with Crippen molar-refractivity contribution in [2.45, 2.75) is 13.8 Å². The van der Waals surface area contributed by atoms with Crippen LogP contribution in [0.15, 0.2) is 24.5 Å². The molecule has 0 aliphatic rings. The lowest BCUT2D eigenvalue weighted by molar-refractivity contribution is 0.101. The van der Waals surface area contributed by atoms with Crippen molar-refractivity contribution in [3.8, 4) is 0 Å². The van der Waals surface area contributed by atoms with Crippen LogP contribution in [-0.4, -0.2) is 15.2 Å². The summed E-state index contributed by atoms with van der Waals surface area (Å²) in [5, 5.41) is 0. The molecule has 0 aliphatic heterocycles. The molecule has 0 unspecified atom stereocenters. The Kier molecular flexibility index (Phi) is 1.65. The van der Waals surface area contributed by atoms with Gasteiger partial charge in [0.25, 0.3) is 0 Å². The molecule has 3 heteroatoms.